The van der Waals surface area contributed by atoms with Gasteiger partial charge in [-0.05, 0) is 83.5 Å². The van der Waals surface area contributed by atoms with Gasteiger partial charge in [0, 0.05) is 6.42 Å². The van der Waals surface area contributed by atoms with Crippen LogP contribution in [0.4, 0.5) is 0 Å². The highest BCUT2D eigenvalue weighted by atomic mass is 16.8. The lowest BCUT2D eigenvalue weighted by Crippen LogP contribution is -2.66. The molecule has 3 aliphatic heterocycles. The van der Waals surface area contributed by atoms with E-state index in [-0.39, 0.29) is 18.9 Å². The molecule has 3 saturated heterocycles. The molecule has 19 nitrogen and oxygen atoms in total. The Morgan fingerprint density at radius 1 is 0.425 bits per heavy atom. The predicted molar refractivity (Wildman–Crippen MR) is 337 cm³/mol. The summed E-state index contributed by atoms with van der Waals surface area (Å²) in [7, 11) is 0. The molecule has 0 spiro atoms. The zero-order chi connectivity index (χ0) is 63.3. The van der Waals surface area contributed by atoms with Crippen molar-refractivity contribution in [2.75, 3.05) is 26.4 Å². The number of aliphatic hydroxyl groups excluding tert-OH is 11. The van der Waals surface area contributed by atoms with Crippen LogP contribution in [0, 0.1) is 0 Å². The van der Waals surface area contributed by atoms with Gasteiger partial charge in [0.25, 0.3) is 0 Å². The molecule has 0 saturated carbocycles. The second-order valence-corrected chi connectivity index (χ2v) is 22.8. The van der Waals surface area contributed by atoms with Gasteiger partial charge in [0.15, 0.2) is 18.9 Å². The molecule has 19 heteroatoms. The summed E-state index contributed by atoms with van der Waals surface area (Å²) in [5.41, 5.74) is 0. The molecule has 0 radical (unpaired) electrons. The first-order valence-electron chi connectivity index (χ1n) is 32.6. The summed E-state index contributed by atoms with van der Waals surface area (Å²) in [5, 5.41) is 120. The van der Waals surface area contributed by atoms with Crippen LogP contribution < -0.4 is 5.32 Å². The van der Waals surface area contributed by atoms with E-state index in [1.54, 1.807) is 0 Å². The normalized spacial score (nSPS) is 29.3. The van der Waals surface area contributed by atoms with Gasteiger partial charge in [0.1, 0.15) is 73.2 Å². The Morgan fingerprint density at radius 3 is 1.24 bits per heavy atom. The number of ether oxygens (including phenoxy) is 6. The molecule has 0 aliphatic carbocycles. The van der Waals surface area contributed by atoms with E-state index in [4.69, 9.17) is 28.4 Å². The number of nitrogens with one attached hydrogen (secondary N) is 1. The fourth-order valence-corrected chi connectivity index (χ4v) is 10.3. The van der Waals surface area contributed by atoms with Gasteiger partial charge >= 0.3 is 0 Å². The quantitative estimate of drug-likeness (QED) is 0.0207. The second kappa shape index (κ2) is 49.2. The number of amides is 1. The van der Waals surface area contributed by atoms with Gasteiger partial charge < -0.3 is 89.9 Å². The van der Waals surface area contributed by atoms with Gasteiger partial charge in [-0.3, -0.25) is 4.79 Å². The summed E-state index contributed by atoms with van der Waals surface area (Å²) in [5.74, 6) is -0.270. The van der Waals surface area contributed by atoms with Crippen molar-refractivity contribution in [3.05, 3.63) is 109 Å². The Balaban J connectivity index is 1.38. The maximum absolute atomic E-state index is 13.3. The van der Waals surface area contributed by atoms with Crippen molar-refractivity contribution in [1.29, 1.82) is 0 Å². The Bertz CT molecular complexity index is 2000. The van der Waals surface area contributed by atoms with Crippen LogP contribution in [-0.2, 0) is 33.2 Å². The number of carbonyl (C=O) groups is 1. The Kier molecular flexibility index (Phi) is 43.9. The third-order valence-corrected chi connectivity index (χ3v) is 15.6. The largest absolute Gasteiger partial charge is 0.394 e. The number of allylic oxidation sites excluding steroid dienone is 18. The molecule has 17 atom stereocenters. The lowest BCUT2D eigenvalue weighted by molar-refractivity contribution is -0.379. The predicted octanol–water partition coefficient (Wildman–Crippen LogP) is 7.49. The molecule has 0 aromatic heterocycles. The zero-order valence-corrected chi connectivity index (χ0v) is 52.2. The van der Waals surface area contributed by atoms with Crippen molar-refractivity contribution in [1.82, 2.24) is 5.32 Å². The van der Waals surface area contributed by atoms with Crippen molar-refractivity contribution >= 4 is 5.91 Å². The van der Waals surface area contributed by atoms with Crippen LogP contribution in [0.1, 0.15) is 181 Å². The van der Waals surface area contributed by atoms with Crippen LogP contribution in [0.5, 0.6) is 0 Å². The summed E-state index contributed by atoms with van der Waals surface area (Å²) in [6, 6.07) is -0.904. The van der Waals surface area contributed by atoms with Gasteiger partial charge in [-0.15, -0.1) is 0 Å². The minimum absolute atomic E-state index is 0.236. The van der Waals surface area contributed by atoms with Crippen molar-refractivity contribution in [3.8, 4) is 0 Å². The van der Waals surface area contributed by atoms with E-state index in [2.05, 4.69) is 129 Å². The van der Waals surface area contributed by atoms with Crippen LogP contribution in [0.15, 0.2) is 109 Å². The van der Waals surface area contributed by atoms with Crippen molar-refractivity contribution < 1.29 is 89.4 Å². The van der Waals surface area contributed by atoms with E-state index in [1.807, 2.05) is 0 Å². The number of rotatable bonds is 47. The number of aliphatic hydroxyl groups is 11. The number of hydrogen-bond donors (Lipinski definition) is 12. The molecule has 3 aliphatic rings. The molecule has 3 rings (SSSR count). The first-order valence-corrected chi connectivity index (χ1v) is 32.6. The highest BCUT2D eigenvalue weighted by Crippen LogP contribution is 2.33. The van der Waals surface area contributed by atoms with E-state index in [9.17, 15) is 61.0 Å². The maximum atomic E-state index is 13.3. The van der Waals surface area contributed by atoms with E-state index in [1.165, 1.54) is 25.7 Å². The lowest BCUT2D eigenvalue weighted by atomic mass is 9.96. The fraction of sp³-hybridized carbons (Fsp3) is 0.721. The molecule has 3 fully saturated rings. The monoisotopic (exact) mass is 1230 g/mol. The van der Waals surface area contributed by atoms with Crippen LogP contribution in [0.2, 0.25) is 0 Å². The van der Waals surface area contributed by atoms with Gasteiger partial charge in [0.05, 0.1) is 38.6 Å². The third kappa shape index (κ3) is 31.8. The average Bonchev–Trinajstić information content (AvgIpc) is 1.04. The van der Waals surface area contributed by atoms with E-state index in [0.717, 1.165) is 116 Å². The van der Waals surface area contributed by atoms with Gasteiger partial charge in [-0.25, -0.2) is 0 Å². The highest BCUT2D eigenvalue weighted by Gasteiger charge is 2.53. The van der Waals surface area contributed by atoms with E-state index < -0.39 is 124 Å². The molecule has 12 N–H and O–H groups in total. The number of hydrogen-bond acceptors (Lipinski definition) is 18. The lowest BCUT2D eigenvalue weighted by Gasteiger charge is -2.48. The zero-order valence-electron chi connectivity index (χ0n) is 52.2. The van der Waals surface area contributed by atoms with Crippen LogP contribution in [-0.4, -0.2) is 193 Å². The van der Waals surface area contributed by atoms with Crippen LogP contribution in [0.25, 0.3) is 0 Å². The maximum Gasteiger partial charge on any atom is 0.220 e. The minimum Gasteiger partial charge on any atom is -0.394 e. The molecule has 0 aromatic rings. The molecule has 17 unspecified atom stereocenters. The molecular weight excluding hydrogens is 1120 g/mol. The van der Waals surface area contributed by atoms with Crippen LogP contribution >= 0.6 is 0 Å². The Labute approximate surface area is 519 Å². The molecule has 87 heavy (non-hydrogen) atoms. The summed E-state index contributed by atoms with van der Waals surface area (Å²) < 4.78 is 34.2. The van der Waals surface area contributed by atoms with Crippen molar-refractivity contribution in [3.63, 3.8) is 0 Å². The smallest absolute Gasteiger partial charge is 0.220 e. The number of unbranched alkanes of at least 4 members (excludes halogenated alkanes) is 13. The Hall–Kier alpha value is -3.55. The molecule has 0 bridgehead atoms. The van der Waals surface area contributed by atoms with Gasteiger partial charge in [-0.2, -0.15) is 0 Å². The van der Waals surface area contributed by atoms with E-state index >= 15 is 0 Å². The average molecular weight is 1230 g/mol. The summed E-state index contributed by atoms with van der Waals surface area (Å²) in [6.07, 6.45) is 37.7. The fourth-order valence-electron chi connectivity index (χ4n) is 10.3. The summed E-state index contributed by atoms with van der Waals surface area (Å²) >= 11 is 0. The summed E-state index contributed by atoms with van der Waals surface area (Å²) in [6.45, 7) is 1.60. The first-order chi connectivity index (χ1) is 42.3. The third-order valence-electron chi connectivity index (χ3n) is 15.6. The molecule has 1 amide bonds. The van der Waals surface area contributed by atoms with Gasteiger partial charge in [0.2, 0.25) is 5.91 Å². The minimum atomic E-state index is -1.98. The Morgan fingerprint density at radius 2 is 0.793 bits per heavy atom. The van der Waals surface area contributed by atoms with Crippen molar-refractivity contribution in [2.24, 2.45) is 0 Å². The summed E-state index contributed by atoms with van der Waals surface area (Å²) in [4.78, 5) is 13.3. The standard InChI is InChI=1S/C68H113NO18/c1-3-5-7-9-11-13-14-15-16-17-18-19-20-21-22-23-24-25-26-27-28-29-30-31-32-33-34-35-36-38-40-42-44-46-56(74)69-51(52(73)45-43-41-39-37-12-10-8-6-4-2)50-82-66-62(80)59(77)64(54(48-71)84-66)87-68-63(81)60(78)65(55(49-72)85-68)86-67-61(79)58(76)57(75)53(47-70)83-67/h5,7,11,13,15-16,18-19,21-22,24-25,27-28,30-31,33-34,51-55,57-68,70-73,75-81H,3-4,6,8-10,12,14,17,20,23,26,29,32,35-50H2,1-2H3,(H,69,74)/b7-5-,13-11-,16-15-,19-18-,22-21-,25-24-,28-27-,31-30-,34-33-. The van der Waals surface area contributed by atoms with Crippen LogP contribution in [0.3, 0.4) is 0 Å². The molecular formula is C68H113NO18. The van der Waals surface area contributed by atoms with Gasteiger partial charge in [-0.1, -0.05) is 200 Å². The van der Waals surface area contributed by atoms with Crippen molar-refractivity contribution in [2.45, 2.75) is 285 Å². The second-order valence-electron chi connectivity index (χ2n) is 22.8. The SMILES string of the molecule is CC/C=C\C/C=C\C/C=C\C/C=C\C/C=C\C/C=C\C/C=C\C/C=C\C/C=C\CCCCCCCC(=O)NC(COC1OC(CO)C(OC2OC(CO)C(OC3OC(CO)C(O)C(O)C3O)C(O)C2O)C(O)C1O)C(O)CCCCCCCCCCC. The number of carbonyl (C=O) groups excluding carboxylic acids is 1. The molecule has 3 heterocycles. The van der Waals surface area contributed by atoms with E-state index in [0.29, 0.717) is 19.3 Å². The molecule has 498 valence electrons. The highest BCUT2D eigenvalue weighted by molar-refractivity contribution is 5.76. The molecule has 0 aromatic carbocycles. The topological polar surface area (TPSA) is 307 Å². The first kappa shape index (κ1) is 77.7.